The summed E-state index contributed by atoms with van der Waals surface area (Å²) in [6.45, 7) is 3.61. The van der Waals surface area contributed by atoms with E-state index >= 15 is 0 Å². The molecule has 2 atom stereocenters. The average Bonchev–Trinajstić information content (AvgIpc) is 3.44. The second-order valence-electron chi connectivity index (χ2n) is 8.16. The van der Waals surface area contributed by atoms with E-state index in [-0.39, 0.29) is 0 Å². The van der Waals surface area contributed by atoms with Crippen LogP contribution in [0.5, 0.6) is 0 Å². The van der Waals surface area contributed by atoms with Crippen LogP contribution in [0.15, 0.2) is 36.7 Å². The Labute approximate surface area is 181 Å². The van der Waals surface area contributed by atoms with Crippen molar-refractivity contribution >= 4 is 27.8 Å². The van der Waals surface area contributed by atoms with E-state index in [0.29, 0.717) is 24.5 Å². The Bertz CT molecular complexity index is 1340. The van der Waals surface area contributed by atoms with Crippen LogP contribution in [0.1, 0.15) is 29.4 Å². The molecule has 1 aliphatic rings. The van der Waals surface area contributed by atoms with Crippen LogP contribution in [0.3, 0.4) is 0 Å². The fourth-order valence-electron chi connectivity index (χ4n) is 4.50. The molecule has 7 nitrogen and oxygen atoms in total. The predicted molar refractivity (Wildman–Crippen MR) is 123 cm³/mol. The fourth-order valence-corrected chi connectivity index (χ4v) is 4.50. The van der Waals surface area contributed by atoms with Gasteiger partial charge in [0, 0.05) is 50.7 Å². The SMILES string of the molecule is COC[C@H]1C[C@H](n2cc(C#Cc3ccc4c(c3)nc(C)n4C)c3c(N)nccc32)CN1. The molecule has 1 aliphatic heterocycles. The van der Waals surface area contributed by atoms with Gasteiger partial charge in [0.25, 0.3) is 0 Å². The molecule has 4 heterocycles. The first-order valence-electron chi connectivity index (χ1n) is 10.5. The van der Waals surface area contributed by atoms with Crippen LogP contribution in [0.25, 0.3) is 21.9 Å². The monoisotopic (exact) mass is 414 g/mol. The lowest BCUT2D eigenvalue weighted by atomic mass is 10.1. The highest BCUT2D eigenvalue weighted by molar-refractivity contribution is 5.95. The maximum atomic E-state index is 6.27. The molecule has 158 valence electrons. The van der Waals surface area contributed by atoms with Gasteiger partial charge in [-0.1, -0.05) is 11.8 Å². The summed E-state index contributed by atoms with van der Waals surface area (Å²) in [7, 11) is 3.76. The number of nitrogens with zero attached hydrogens (tertiary/aromatic N) is 4. The number of aromatic nitrogens is 4. The summed E-state index contributed by atoms with van der Waals surface area (Å²) < 4.78 is 9.68. The molecular weight excluding hydrogens is 388 g/mol. The van der Waals surface area contributed by atoms with E-state index in [1.165, 1.54) is 0 Å². The Morgan fingerprint density at radius 2 is 2.13 bits per heavy atom. The van der Waals surface area contributed by atoms with Crippen LogP contribution >= 0.6 is 0 Å². The van der Waals surface area contributed by atoms with Crippen molar-refractivity contribution in [1.82, 2.24) is 24.4 Å². The molecule has 0 aliphatic carbocycles. The zero-order valence-corrected chi connectivity index (χ0v) is 18.0. The van der Waals surface area contributed by atoms with E-state index in [1.54, 1.807) is 13.3 Å². The van der Waals surface area contributed by atoms with Crippen molar-refractivity contribution in [3.05, 3.63) is 53.6 Å². The van der Waals surface area contributed by atoms with Gasteiger partial charge >= 0.3 is 0 Å². The number of rotatable bonds is 3. The van der Waals surface area contributed by atoms with Crippen molar-refractivity contribution < 1.29 is 4.74 Å². The lowest BCUT2D eigenvalue weighted by molar-refractivity contribution is 0.172. The zero-order valence-electron chi connectivity index (χ0n) is 18.0. The number of aryl methyl sites for hydroxylation is 2. The van der Waals surface area contributed by atoms with Crippen LogP contribution < -0.4 is 11.1 Å². The molecule has 1 fully saturated rings. The van der Waals surface area contributed by atoms with Crippen LogP contribution in [-0.4, -0.2) is 45.4 Å². The van der Waals surface area contributed by atoms with Gasteiger partial charge in [-0.25, -0.2) is 9.97 Å². The molecule has 0 radical (unpaired) electrons. The number of imidazole rings is 1. The summed E-state index contributed by atoms with van der Waals surface area (Å²) in [5.41, 5.74) is 11.2. The summed E-state index contributed by atoms with van der Waals surface area (Å²) in [5.74, 6) is 8.14. The number of nitrogen functional groups attached to an aromatic ring is 1. The van der Waals surface area contributed by atoms with Gasteiger partial charge in [0.05, 0.1) is 34.1 Å². The van der Waals surface area contributed by atoms with Gasteiger partial charge in [-0.15, -0.1) is 0 Å². The average molecular weight is 415 g/mol. The van der Waals surface area contributed by atoms with E-state index in [1.807, 2.05) is 32.2 Å². The van der Waals surface area contributed by atoms with Gasteiger partial charge < -0.3 is 24.9 Å². The van der Waals surface area contributed by atoms with E-state index in [2.05, 4.69) is 48.5 Å². The van der Waals surface area contributed by atoms with Crippen LogP contribution in [0, 0.1) is 18.8 Å². The summed E-state index contributed by atoms with van der Waals surface area (Å²) in [4.78, 5) is 8.92. The lowest BCUT2D eigenvalue weighted by Crippen LogP contribution is -2.25. The number of anilines is 1. The number of hydrogen-bond acceptors (Lipinski definition) is 5. The van der Waals surface area contributed by atoms with E-state index in [0.717, 1.165) is 51.9 Å². The van der Waals surface area contributed by atoms with E-state index < -0.39 is 0 Å². The molecule has 7 heteroatoms. The Kier molecular flexibility index (Phi) is 4.89. The fraction of sp³-hybridized carbons (Fsp3) is 0.333. The maximum Gasteiger partial charge on any atom is 0.134 e. The molecule has 3 aromatic heterocycles. The number of nitrogens with one attached hydrogen (secondary N) is 1. The van der Waals surface area contributed by atoms with Crippen molar-refractivity contribution in [2.75, 3.05) is 26.0 Å². The molecule has 0 spiro atoms. The number of methoxy groups -OCH3 is 1. The van der Waals surface area contributed by atoms with Gasteiger partial charge in [-0.2, -0.15) is 0 Å². The molecule has 0 saturated carbocycles. The zero-order chi connectivity index (χ0) is 21.5. The number of nitrogens with two attached hydrogens (primary N) is 1. The minimum atomic E-state index is 0.327. The summed E-state index contributed by atoms with van der Waals surface area (Å²) in [6, 6.07) is 8.84. The number of hydrogen-bond donors (Lipinski definition) is 2. The Balaban J connectivity index is 1.54. The van der Waals surface area contributed by atoms with Crippen molar-refractivity contribution in [2.24, 2.45) is 7.05 Å². The summed E-state index contributed by atoms with van der Waals surface area (Å²) >= 11 is 0. The van der Waals surface area contributed by atoms with Crippen LogP contribution in [0.4, 0.5) is 5.82 Å². The van der Waals surface area contributed by atoms with Crippen LogP contribution in [-0.2, 0) is 11.8 Å². The number of pyridine rings is 1. The minimum absolute atomic E-state index is 0.327. The van der Waals surface area contributed by atoms with E-state index in [4.69, 9.17) is 10.5 Å². The van der Waals surface area contributed by atoms with E-state index in [9.17, 15) is 0 Å². The van der Waals surface area contributed by atoms with Gasteiger partial charge in [-0.3, -0.25) is 0 Å². The Morgan fingerprint density at radius 1 is 1.26 bits per heavy atom. The largest absolute Gasteiger partial charge is 0.383 e. The molecule has 5 rings (SSSR count). The highest BCUT2D eigenvalue weighted by Gasteiger charge is 2.27. The molecule has 31 heavy (non-hydrogen) atoms. The third kappa shape index (κ3) is 3.44. The molecule has 1 saturated heterocycles. The molecule has 0 unspecified atom stereocenters. The van der Waals surface area contributed by atoms with Gasteiger partial charge in [0.15, 0.2) is 0 Å². The highest BCUT2D eigenvalue weighted by atomic mass is 16.5. The lowest BCUT2D eigenvalue weighted by Gasteiger charge is -2.13. The first-order valence-corrected chi connectivity index (χ1v) is 10.5. The molecule has 0 bridgehead atoms. The second kappa shape index (κ2) is 7.73. The standard InChI is InChI=1S/C24H26N6O/c1-15-28-20-10-16(5-7-21(20)29(15)2)4-6-17-13-30(19-11-18(14-31-3)27-12-19)22-8-9-26-24(25)23(17)22/h5,7-10,13,18-19,27H,11-12,14H2,1-3H3,(H2,25,26)/t18-,19+/m1/s1. The minimum Gasteiger partial charge on any atom is -0.383 e. The molecule has 4 aromatic rings. The highest BCUT2D eigenvalue weighted by Crippen LogP contribution is 2.31. The third-order valence-corrected chi connectivity index (χ3v) is 6.18. The predicted octanol–water partition coefficient (Wildman–Crippen LogP) is 2.76. The molecular formula is C24H26N6O. The quantitative estimate of drug-likeness (QED) is 0.504. The molecule has 1 aromatic carbocycles. The first kappa shape index (κ1) is 19.6. The first-order chi connectivity index (χ1) is 15.0. The Hall–Kier alpha value is -3.34. The molecule has 3 N–H and O–H groups in total. The third-order valence-electron chi connectivity index (χ3n) is 6.18. The maximum absolute atomic E-state index is 6.27. The summed E-state index contributed by atoms with van der Waals surface area (Å²) in [5, 5.41) is 4.45. The van der Waals surface area contributed by atoms with Gasteiger partial charge in [-0.05, 0) is 37.6 Å². The van der Waals surface area contributed by atoms with Crippen LogP contribution in [0.2, 0.25) is 0 Å². The normalized spacial score (nSPS) is 18.5. The van der Waals surface area contributed by atoms with Gasteiger partial charge in [0.1, 0.15) is 11.6 Å². The molecule has 0 amide bonds. The van der Waals surface area contributed by atoms with Crippen molar-refractivity contribution in [2.45, 2.75) is 25.4 Å². The number of benzene rings is 1. The summed E-state index contributed by atoms with van der Waals surface area (Å²) in [6.07, 6.45) is 4.88. The van der Waals surface area contributed by atoms with Crippen molar-refractivity contribution in [3.8, 4) is 11.8 Å². The number of fused-ring (bicyclic) bond motifs is 2. The van der Waals surface area contributed by atoms with Crippen molar-refractivity contribution in [3.63, 3.8) is 0 Å². The number of ether oxygens (including phenoxy) is 1. The second-order valence-corrected chi connectivity index (χ2v) is 8.16. The topological polar surface area (TPSA) is 82.9 Å². The van der Waals surface area contributed by atoms with Gasteiger partial charge in [0.2, 0.25) is 0 Å². The Morgan fingerprint density at radius 3 is 2.97 bits per heavy atom. The smallest absolute Gasteiger partial charge is 0.134 e. The van der Waals surface area contributed by atoms with Crippen molar-refractivity contribution in [1.29, 1.82) is 0 Å².